The molecular weight excluding hydrogens is 468 g/mol. The van der Waals surface area contributed by atoms with Gasteiger partial charge >= 0.3 is 11.9 Å². The highest BCUT2D eigenvalue weighted by molar-refractivity contribution is 5.91. The highest BCUT2D eigenvalue weighted by Gasteiger charge is 2.25. The molecule has 0 unspecified atom stereocenters. The molecule has 3 aromatic carbocycles. The van der Waals surface area contributed by atoms with Crippen molar-refractivity contribution in [3.63, 3.8) is 0 Å². The lowest BCUT2D eigenvalue weighted by Gasteiger charge is -2.28. The molecule has 6 heteroatoms. The van der Waals surface area contributed by atoms with Crippen molar-refractivity contribution in [2.45, 2.75) is 51.6 Å². The monoisotopic (exact) mass is 502 g/mol. The quantitative estimate of drug-likeness (QED) is 0.234. The fourth-order valence-electron chi connectivity index (χ4n) is 3.99. The minimum Gasteiger partial charge on any atom is -0.508 e. The Labute approximate surface area is 218 Å². The van der Waals surface area contributed by atoms with Crippen molar-refractivity contribution in [3.05, 3.63) is 108 Å². The molecule has 0 aliphatic heterocycles. The van der Waals surface area contributed by atoms with E-state index in [-0.39, 0.29) is 23.8 Å². The van der Waals surface area contributed by atoms with E-state index in [9.17, 15) is 14.7 Å². The van der Waals surface area contributed by atoms with Crippen LogP contribution in [0.1, 0.15) is 70.4 Å². The molecule has 0 bridgehead atoms. The Hall–Kier alpha value is -4.19. The van der Waals surface area contributed by atoms with Crippen LogP contribution in [0.5, 0.6) is 11.5 Å². The van der Waals surface area contributed by atoms with Gasteiger partial charge in [0.1, 0.15) is 24.4 Å². The van der Waals surface area contributed by atoms with Gasteiger partial charge in [-0.25, -0.2) is 9.59 Å². The maximum atomic E-state index is 12.3. The first-order chi connectivity index (χ1) is 17.9. The van der Waals surface area contributed by atoms with Crippen LogP contribution in [0, 0.1) is 6.92 Å². The van der Waals surface area contributed by atoms with Gasteiger partial charge in [-0.1, -0.05) is 35.9 Å². The lowest BCUT2D eigenvalue weighted by molar-refractivity contribution is -0.0980. The first kappa shape index (κ1) is 29.0. The van der Waals surface area contributed by atoms with Crippen LogP contribution in [0.4, 0.5) is 0 Å². The van der Waals surface area contributed by atoms with Crippen molar-refractivity contribution in [3.8, 4) is 11.5 Å². The Morgan fingerprint density at radius 2 is 1.30 bits per heavy atom. The first-order valence-corrected chi connectivity index (χ1v) is 12.1. The van der Waals surface area contributed by atoms with Crippen LogP contribution < -0.4 is 4.74 Å². The number of esters is 2. The SMILES string of the molecule is C=CC.C=O.Cc1ccc(C(=O)Oc2ccc(C3CCC(OC(=O)c4ccc(O)cc4)CC3)cc2)cc1. The second-order valence-electron chi connectivity index (χ2n) is 8.66. The fourth-order valence-corrected chi connectivity index (χ4v) is 3.99. The van der Waals surface area contributed by atoms with Gasteiger partial charge in [0, 0.05) is 0 Å². The number of benzene rings is 3. The zero-order chi connectivity index (χ0) is 27.2. The number of hydrogen-bond acceptors (Lipinski definition) is 6. The van der Waals surface area contributed by atoms with Crippen LogP contribution in [-0.2, 0) is 9.53 Å². The van der Waals surface area contributed by atoms with Crippen molar-refractivity contribution in [2.75, 3.05) is 0 Å². The number of rotatable bonds is 5. The minimum atomic E-state index is -0.367. The lowest BCUT2D eigenvalue weighted by atomic mass is 9.83. The lowest BCUT2D eigenvalue weighted by Crippen LogP contribution is -2.24. The smallest absolute Gasteiger partial charge is 0.343 e. The first-order valence-electron chi connectivity index (χ1n) is 12.1. The van der Waals surface area contributed by atoms with E-state index in [1.807, 2.05) is 57.0 Å². The van der Waals surface area contributed by atoms with Gasteiger partial charge in [0.05, 0.1) is 11.1 Å². The van der Waals surface area contributed by atoms with E-state index in [4.69, 9.17) is 14.3 Å². The van der Waals surface area contributed by atoms with Crippen LogP contribution in [0.3, 0.4) is 0 Å². The summed E-state index contributed by atoms with van der Waals surface area (Å²) in [6, 6.07) is 21.1. The van der Waals surface area contributed by atoms with Crippen LogP contribution in [0.15, 0.2) is 85.5 Å². The number of phenols is 1. The summed E-state index contributed by atoms with van der Waals surface area (Å²) in [5.74, 6) is 0.316. The van der Waals surface area contributed by atoms with Gasteiger partial charge < -0.3 is 19.4 Å². The second kappa shape index (κ2) is 15.0. The molecule has 1 fully saturated rings. The average Bonchev–Trinajstić information content (AvgIpc) is 2.92. The number of hydrogen-bond donors (Lipinski definition) is 1. The number of phenolic OH excluding ortho intramolecular Hbond substituents is 1. The molecule has 0 spiro atoms. The number of aryl methyl sites for hydroxylation is 1. The maximum absolute atomic E-state index is 12.3. The molecule has 4 rings (SSSR count). The van der Waals surface area contributed by atoms with Crippen LogP contribution in [0.25, 0.3) is 0 Å². The maximum Gasteiger partial charge on any atom is 0.343 e. The zero-order valence-corrected chi connectivity index (χ0v) is 21.4. The summed E-state index contributed by atoms with van der Waals surface area (Å²) >= 11 is 0. The van der Waals surface area contributed by atoms with Crippen molar-refractivity contribution >= 4 is 18.7 Å². The molecule has 0 amide bonds. The van der Waals surface area contributed by atoms with E-state index in [2.05, 4.69) is 6.58 Å². The van der Waals surface area contributed by atoms with E-state index < -0.39 is 0 Å². The topological polar surface area (TPSA) is 89.9 Å². The summed E-state index contributed by atoms with van der Waals surface area (Å²) in [5, 5.41) is 9.34. The largest absolute Gasteiger partial charge is 0.508 e. The van der Waals surface area contributed by atoms with E-state index in [1.165, 1.54) is 17.7 Å². The summed E-state index contributed by atoms with van der Waals surface area (Å²) in [5.41, 5.74) is 3.26. The molecule has 0 aromatic heterocycles. The van der Waals surface area contributed by atoms with Gasteiger partial charge in [-0.2, -0.15) is 0 Å². The Balaban J connectivity index is 0.000000898. The predicted octanol–water partition coefficient (Wildman–Crippen LogP) is 6.81. The Bertz CT molecular complexity index is 1130. The molecule has 1 aliphatic rings. The van der Waals surface area contributed by atoms with Gasteiger partial charge in [0.2, 0.25) is 0 Å². The number of carbonyl (C=O) groups is 3. The standard InChI is InChI=1S/C27H26O5.C3H6.CH2O/c1-18-2-4-21(5-3-18)26(29)31-24-14-8-19(9-15-24)20-10-16-25(17-11-20)32-27(30)22-6-12-23(28)13-7-22;1-3-2;1-2/h2-9,12-15,20,25,28H,10-11,16-17H2,1H3;3H,1H2,2H3;1H2. The molecular formula is C31H34O6. The molecule has 0 heterocycles. The minimum absolute atomic E-state index is 0.0951. The van der Waals surface area contributed by atoms with Gasteiger partial charge in [0.25, 0.3) is 0 Å². The molecule has 37 heavy (non-hydrogen) atoms. The Morgan fingerprint density at radius 3 is 1.84 bits per heavy atom. The third-order valence-electron chi connectivity index (χ3n) is 5.90. The number of allylic oxidation sites excluding steroid dienone is 1. The molecule has 1 N–H and O–H groups in total. The van der Waals surface area contributed by atoms with Gasteiger partial charge in [-0.3, -0.25) is 0 Å². The normalized spacial score (nSPS) is 16.1. The summed E-state index contributed by atoms with van der Waals surface area (Å²) in [6.07, 6.45) is 5.12. The number of aromatic hydroxyl groups is 1. The third kappa shape index (κ3) is 9.08. The van der Waals surface area contributed by atoms with Crippen LogP contribution in [0.2, 0.25) is 0 Å². The summed E-state index contributed by atoms with van der Waals surface area (Å²) < 4.78 is 11.1. The molecule has 3 aromatic rings. The second-order valence-corrected chi connectivity index (χ2v) is 8.66. The Morgan fingerprint density at radius 1 is 0.811 bits per heavy atom. The van der Waals surface area contributed by atoms with E-state index in [0.29, 0.717) is 22.8 Å². The van der Waals surface area contributed by atoms with Crippen molar-refractivity contribution in [1.82, 2.24) is 0 Å². The molecule has 0 atom stereocenters. The molecule has 0 radical (unpaired) electrons. The third-order valence-corrected chi connectivity index (χ3v) is 5.90. The summed E-state index contributed by atoms with van der Waals surface area (Å²) in [4.78, 5) is 32.6. The molecule has 0 saturated heterocycles. The molecule has 6 nitrogen and oxygen atoms in total. The van der Waals surface area contributed by atoms with Crippen LogP contribution in [-0.4, -0.2) is 29.9 Å². The zero-order valence-electron chi connectivity index (χ0n) is 21.4. The highest BCUT2D eigenvalue weighted by atomic mass is 16.5. The van der Waals surface area contributed by atoms with Gasteiger partial charge in [-0.05, 0) is 99.5 Å². The van der Waals surface area contributed by atoms with Crippen molar-refractivity contribution in [1.29, 1.82) is 0 Å². The van der Waals surface area contributed by atoms with Gasteiger partial charge in [-0.15, -0.1) is 6.58 Å². The number of carbonyl (C=O) groups excluding carboxylic acids is 3. The number of ether oxygens (including phenoxy) is 2. The van der Waals surface area contributed by atoms with Crippen LogP contribution >= 0.6 is 0 Å². The molecule has 1 saturated carbocycles. The van der Waals surface area contributed by atoms with E-state index in [1.54, 1.807) is 30.3 Å². The summed E-state index contributed by atoms with van der Waals surface area (Å²) in [6.45, 7) is 9.22. The Kier molecular flexibility index (Phi) is 11.8. The summed E-state index contributed by atoms with van der Waals surface area (Å²) in [7, 11) is 0. The van der Waals surface area contributed by atoms with E-state index in [0.717, 1.165) is 31.2 Å². The molecule has 1 aliphatic carbocycles. The average molecular weight is 503 g/mol. The van der Waals surface area contributed by atoms with Gasteiger partial charge in [0.15, 0.2) is 0 Å². The van der Waals surface area contributed by atoms with Crippen molar-refractivity contribution < 1.29 is 29.0 Å². The predicted molar refractivity (Wildman–Crippen MR) is 144 cm³/mol. The molecule has 194 valence electrons. The highest BCUT2D eigenvalue weighted by Crippen LogP contribution is 2.35. The van der Waals surface area contributed by atoms with E-state index >= 15 is 0 Å². The van der Waals surface area contributed by atoms with Crippen molar-refractivity contribution in [2.24, 2.45) is 0 Å². The fraction of sp³-hybridized carbons (Fsp3) is 0.258.